The highest BCUT2D eigenvalue weighted by Gasteiger charge is 2.22. The lowest BCUT2D eigenvalue weighted by molar-refractivity contribution is -0.385. The first kappa shape index (κ1) is 12.6. The zero-order valence-corrected chi connectivity index (χ0v) is 11.1. The second kappa shape index (κ2) is 5.18. The van der Waals surface area contributed by atoms with Gasteiger partial charge in [-0.25, -0.2) is 4.68 Å². The second-order valence-electron chi connectivity index (χ2n) is 3.42. The SMILES string of the molecule is CCOc1cccc(-n2cc(Br)cn2)c1[N+](=O)[O-]. The maximum atomic E-state index is 11.2. The summed E-state index contributed by atoms with van der Waals surface area (Å²) in [6.07, 6.45) is 3.22. The predicted molar refractivity (Wildman–Crippen MR) is 69.1 cm³/mol. The van der Waals surface area contributed by atoms with Gasteiger partial charge in [-0.2, -0.15) is 5.10 Å². The van der Waals surface area contributed by atoms with Gasteiger partial charge in [0.25, 0.3) is 0 Å². The van der Waals surface area contributed by atoms with Crippen molar-refractivity contribution in [3.8, 4) is 11.4 Å². The van der Waals surface area contributed by atoms with Crippen molar-refractivity contribution in [2.24, 2.45) is 0 Å². The standard InChI is InChI=1S/C11H10BrN3O3/c1-2-18-10-5-3-4-9(11(10)15(16)17)14-7-8(12)6-13-14/h3-7H,2H2,1H3. The lowest BCUT2D eigenvalue weighted by Crippen LogP contribution is -2.04. The molecule has 0 aliphatic rings. The number of halogens is 1. The van der Waals surface area contributed by atoms with Crippen molar-refractivity contribution < 1.29 is 9.66 Å². The molecule has 0 N–H and O–H groups in total. The molecule has 0 atom stereocenters. The first-order chi connectivity index (χ1) is 8.63. The topological polar surface area (TPSA) is 70.2 Å². The van der Waals surface area contributed by atoms with E-state index in [1.165, 1.54) is 4.68 Å². The fourth-order valence-electron chi connectivity index (χ4n) is 1.58. The molecule has 0 amide bonds. The van der Waals surface area contributed by atoms with Gasteiger partial charge in [0, 0.05) is 6.20 Å². The molecular formula is C11H10BrN3O3. The van der Waals surface area contributed by atoms with Crippen molar-refractivity contribution in [1.82, 2.24) is 9.78 Å². The van der Waals surface area contributed by atoms with Gasteiger partial charge in [-0.15, -0.1) is 0 Å². The number of benzene rings is 1. The second-order valence-corrected chi connectivity index (χ2v) is 4.33. The van der Waals surface area contributed by atoms with Crippen molar-refractivity contribution in [2.75, 3.05) is 6.61 Å². The third kappa shape index (κ3) is 2.35. The largest absolute Gasteiger partial charge is 0.487 e. The third-order valence-corrected chi connectivity index (χ3v) is 2.67. The van der Waals surface area contributed by atoms with Crippen molar-refractivity contribution in [3.63, 3.8) is 0 Å². The molecule has 2 aromatic rings. The van der Waals surface area contributed by atoms with Crippen molar-refractivity contribution in [3.05, 3.63) is 45.2 Å². The van der Waals surface area contributed by atoms with Crippen LogP contribution in [0, 0.1) is 10.1 Å². The van der Waals surface area contributed by atoms with E-state index >= 15 is 0 Å². The van der Waals surface area contributed by atoms with E-state index in [1.54, 1.807) is 37.5 Å². The van der Waals surface area contributed by atoms with Gasteiger partial charge in [0.1, 0.15) is 5.69 Å². The van der Waals surface area contributed by atoms with Gasteiger partial charge in [0.2, 0.25) is 0 Å². The van der Waals surface area contributed by atoms with Crippen LogP contribution in [0.4, 0.5) is 5.69 Å². The third-order valence-electron chi connectivity index (χ3n) is 2.26. The molecule has 18 heavy (non-hydrogen) atoms. The summed E-state index contributed by atoms with van der Waals surface area (Å²) < 4.78 is 7.46. The summed E-state index contributed by atoms with van der Waals surface area (Å²) in [6, 6.07) is 4.90. The van der Waals surface area contributed by atoms with Crippen LogP contribution in [0.2, 0.25) is 0 Å². The molecule has 6 nitrogen and oxygen atoms in total. The monoisotopic (exact) mass is 311 g/mol. The minimum absolute atomic E-state index is 0.0880. The number of hydrogen-bond acceptors (Lipinski definition) is 4. The Labute approximate surface area is 111 Å². The maximum Gasteiger partial charge on any atom is 0.336 e. The maximum absolute atomic E-state index is 11.2. The number of rotatable bonds is 4. The number of ether oxygens (including phenoxy) is 1. The van der Waals surface area contributed by atoms with E-state index in [0.29, 0.717) is 12.3 Å². The van der Waals surface area contributed by atoms with Gasteiger partial charge in [-0.3, -0.25) is 10.1 Å². The molecule has 7 heteroatoms. The van der Waals surface area contributed by atoms with Gasteiger partial charge in [0.15, 0.2) is 5.75 Å². The highest BCUT2D eigenvalue weighted by atomic mass is 79.9. The Balaban J connectivity index is 2.59. The highest BCUT2D eigenvalue weighted by Crippen LogP contribution is 2.33. The van der Waals surface area contributed by atoms with Crippen LogP contribution in [0.1, 0.15) is 6.92 Å². The predicted octanol–water partition coefficient (Wildman–Crippen LogP) is 2.94. The van der Waals surface area contributed by atoms with E-state index in [1.807, 2.05) is 0 Å². The lowest BCUT2D eigenvalue weighted by atomic mass is 10.2. The lowest BCUT2D eigenvalue weighted by Gasteiger charge is -2.07. The molecule has 0 spiro atoms. The van der Waals surface area contributed by atoms with Gasteiger partial charge in [0.05, 0.1) is 22.2 Å². The summed E-state index contributed by atoms with van der Waals surface area (Å²) in [7, 11) is 0. The summed E-state index contributed by atoms with van der Waals surface area (Å²) in [5.74, 6) is 0.242. The molecule has 1 aromatic heterocycles. The van der Waals surface area contributed by atoms with Crippen LogP contribution < -0.4 is 4.74 Å². The fourth-order valence-corrected chi connectivity index (χ4v) is 1.87. The van der Waals surface area contributed by atoms with E-state index in [9.17, 15) is 10.1 Å². The Morgan fingerprint density at radius 3 is 2.89 bits per heavy atom. The normalized spacial score (nSPS) is 10.3. The number of nitro benzene ring substituents is 1. The molecule has 0 saturated carbocycles. The quantitative estimate of drug-likeness (QED) is 0.643. The first-order valence-corrected chi connectivity index (χ1v) is 6.03. The molecular weight excluding hydrogens is 302 g/mol. The molecule has 0 saturated heterocycles. The van der Waals surface area contributed by atoms with Gasteiger partial charge in [-0.1, -0.05) is 6.07 Å². The molecule has 0 unspecified atom stereocenters. The molecule has 0 fully saturated rings. The van der Waals surface area contributed by atoms with E-state index < -0.39 is 4.92 Å². The van der Waals surface area contributed by atoms with Crippen molar-refractivity contribution in [2.45, 2.75) is 6.92 Å². The summed E-state index contributed by atoms with van der Waals surface area (Å²) in [4.78, 5) is 10.7. The number of para-hydroxylation sites is 1. The van der Waals surface area contributed by atoms with Crippen LogP contribution in [-0.4, -0.2) is 21.3 Å². The average molecular weight is 312 g/mol. The zero-order valence-electron chi connectivity index (χ0n) is 9.54. The highest BCUT2D eigenvalue weighted by molar-refractivity contribution is 9.10. The zero-order chi connectivity index (χ0) is 13.1. The minimum Gasteiger partial charge on any atom is -0.487 e. The van der Waals surface area contributed by atoms with Crippen LogP contribution in [0.3, 0.4) is 0 Å². The molecule has 1 aromatic carbocycles. The summed E-state index contributed by atoms with van der Waals surface area (Å²) in [5.41, 5.74) is 0.284. The number of aromatic nitrogens is 2. The Kier molecular flexibility index (Phi) is 3.61. The smallest absolute Gasteiger partial charge is 0.336 e. The average Bonchev–Trinajstić information content (AvgIpc) is 2.75. The number of hydrogen-bond donors (Lipinski definition) is 0. The van der Waals surface area contributed by atoms with E-state index in [-0.39, 0.29) is 11.4 Å². The molecule has 0 aliphatic carbocycles. The molecule has 0 aliphatic heterocycles. The van der Waals surface area contributed by atoms with Gasteiger partial charge in [-0.05, 0) is 35.0 Å². The Bertz CT molecular complexity index is 583. The molecule has 2 rings (SSSR count). The fraction of sp³-hybridized carbons (Fsp3) is 0.182. The summed E-state index contributed by atoms with van der Waals surface area (Å²) in [6.45, 7) is 2.15. The molecule has 0 radical (unpaired) electrons. The Morgan fingerprint density at radius 1 is 1.56 bits per heavy atom. The van der Waals surface area contributed by atoms with Crippen molar-refractivity contribution in [1.29, 1.82) is 0 Å². The summed E-state index contributed by atoms with van der Waals surface area (Å²) in [5, 5.41) is 15.2. The Hall–Kier alpha value is -1.89. The Morgan fingerprint density at radius 2 is 2.33 bits per heavy atom. The summed E-state index contributed by atoms with van der Waals surface area (Å²) >= 11 is 3.26. The first-order valence-electron chi connectivity index (χ1n) is 5.24. The number of nitro groups is 1. The molecule has 0 bridgehead atoms. The van der Waals surface area contributed by atoms with Crippen molar-refractivity contribution >= 4 is 21.6 Å². The van der Waals surface area contributed by atoms with E-state index in [4.69, 9.17) is 4.74 Å². The molecule has 1 heterocycles. The van der Waals surface area contributed by atoms with Crippen LogP contribution in [0.5, 0.6) is 5.75 Å². The van der Waals surface area contributed by atoms with E-state index in [0.717, 1.165) is 4.47 Å². The van der Waals surface area contributed by atoms with Crippen LogP contribution >= 0.6 is 15.9 Å². The van der Waals surface area contributed by atoms with Crippen LogP contribution in [-0.2, 0) is 0 Å². The molecule has 94 valence electrons. The van der Waals surface area contributed by atoms with E-state index in [2.05, 4.69) is 21.0 Å². The van der Waals surface area contributed by atoms with Crippen LogP contribution in [0.15, 0.2) is 35.1 Å². The minimum atomic E-state index is -0.462. The van der Waals surface area contributed by atoms with Gasteiger partial charge >= 0.3 is 5.69 Å². The van der Waals surface area contributed by atoms with Gasteiger partial charge < -0.3 is 4.74 Å². The van der Waals surface area contributed by atoms with Crippen LogP contribution in [0.25, 0.3) is 5.69 Å². The number of nitrogens with zero attached hydrogens (tertiary/aromatic N) is 3.